The lowest BCUT2D eigenvalue weighted by atomic mass is 10.2. The molecule has 10 heteroatoms. The Morgan fingerprint density at radius 1 is 1.10 bits per heavy atom. The van der Waals surface area contributed by atoms with Crippen LogP contribution in [-0.4, -0.2) is 33.7 Å². The number of nitrogens with one attached hydrogen (secondary N) is 2. The average Bonchev–Trinajstić information content (AvgIpc) is 3.12. The Kier molecular flexibility index (Phi) is 5.38. The van der Waals surface area contributed by atoms with Crippen molar-refractivity contribution in [2.45, 2.75) is 25.2 Å². The van der Waals surface area contributed by atoms with Gasteiger partial charge in [0.25, 0.3) is 15.9 Å². The molecule has 0 bridgehead atoms. The van der Waals surface area contributed by atoms with Crippen molar-refractivity contribution in [1.29, 1.82) is 0 Å². The van der Waals surface area contributed by atoms with E-state index in [4.69, 9.17) is 0 Å². The summed E-state index contributed by atoms with van der Waals surface area (Å²) >= 11 is 0. The molecular formula is C21H20N6O3S. The van der Waals surface area contributed by atoms with E-state index < -0.39 is 10.0 Å². The second kappa shape index (κ2) is 8.15. The topological polar surface area (TPSA) is 118 Å². The third kappa shape index (κ3) is 4.24. The van der Waals surface area contributed by atoms with Crippen LogP contribution >= 0.6 is 0 Å². The molecule has 0 radical (unpaired) electrons. The minimum atomic E-state index is -3.85. The van der Waals surface area contributed by atoms with Gasteiger partial charge in [0.2, 0.25) is 5.95 Å². The maximum absolute atomic E-state index is 13.0. The molecule has 0 saturated carbocycles. The number of benzene rings is 1. The molecule has 31 heavy (non-hydrogen) atoms. The highest BCUT2D eigenvalue weighted by atomic mass is 32.2. The summed E-state index contributed by atoms with van der Waals surface area (Å²) in [4.78, 5) is 25.2. The second-order valence-corrected chi connectivity index (χ2v) is 8.53. The highest BCUT2D eigenvalue weighted by Crippen LogP contribution is 2.19. The first-order valence-corrected chi connectivity index (χ1v) is 11.0. The monoisotopic (exact) mass is 436 g/mol. The Morgan fingerprint density at radius 3 is 2.48 bits per heavy atom. The average molecular weight is 436 g/mol. The van der Waals surface area contributed by atoms with Gasteiger partial charge in [-0.2, -0.15) is 0 Å². The third-order valence-corrected chi connectivity index (χ3v) is 5.96. The summed E-state index contributed by atoms with van der Waals surface area (Å²) in [6.45, 7) is 3.91. The van der Waals surface area contributed by atoms with Gasteiger partial charge in [-0.3, -0.25) is 9.20 Å². The molecule has 1 amide bonds. The fourth-order valence-corrected chi connectivity index (χ4v) is 4.08. The molecule has 4 aromatic rings. The van der Waals surface area contributed by atoms with Crippen molar-refractivity contribution in [3.05, 3.63) is 78.0 Å². The van der Waals surface area contributed by atoms with Crippen LogP contribution in [0.2, 0.25) is 0 Å². The molecule has 2 N–H and O–H groups in total. The summed E-state index contributed by atoms with van der Waals surface area (Å²) in [5, 5.41) is 2.81. The van der Waals surface area contributed by atoms with E-state index in [1.54, 1.807) is 10.5 Å². The number of rotatable bonds is 6. The second-order valence-electron chi connectivity index (χ2n) is 6.85. The fourth-order valence-electron chi connectivity index (χ4n) is 3.12. The van der Waals surface area contributed by atoms with Gasteiger partial charge in [0, 0.05) is 24.3 Å². The lowest BCUT2D eigenvalue weighted by molar-refractivity contribution is 0.102. The van der Waals surface area contributed by atoms with Crippen LogP contribution in [0.3, 0.4) is 0 Å². The smallest absolute Gasteiger partial charge is 0.274 e. The van der Waals surface area contributed by atoms with Gasteiger partial charge < -0.3 is 5.32 Å². The third-order valence-electron chi connectivity index (χ3n) is 4.62. The number of imidazole rings is 1. The minimum Gasteiger partial charge on any atom is -0.321 e. The number of hydrogen-bond acceptors (Lipinski definition) is 6. The summed E-state index contributed by atoms with van der Waals surface area (Å²) in [7, 11) is -3.85. The number of hydrogen-bond donors (Lipinski definition) is 2. The maximum Gasteiger partial charge on any atom is 0.274 e. The predicted octanol–water partition coefficient (Wildman–Crippen LogP) is 3.05. The molecule has 0 unspecified atom stereocenters. The molecule has 0 saturated heterocycles. The van der Waals surface area contributed by atoms with Crippen molar-refractivity contribution in [1.82, 2.24) is 19.4 Å². The van der Waals surface area contributed by atoms with Crippen LogP contribution in [0.5, 0.6) is 0 Å². The molecule has 0 aliphatic heterocycles. The van der Waals surface area contributed by atoms with Crippen LogP contribution in [0, 0.1) is 6.92 Å². The molecule has 0 aliphatic rings. The molecule has 3 aromatic heterocycles. The number of aromatic nitrogens is 4. The van der Waals surface area contributed by atoms with Gasteiger partial charge in [-0.25, -0.2) is 28.1 Å². The molecular weight excluding hydrogens is 416 g/mol. The van der Waals surface area contributed by atoms with E-state index >= 15 is 0 Å². The molecule has 0 aliphatic carbocycles. The van der Waals surface area contributed by atoms with Crippen molar-refractivity contribution in [3.63, 3.8) is 0 Å². The minimum absolute atomic E-state index is 0.0187. The largest absolute Gasteiger partial charge is 0.321 e. The standard InChI is InChI=1S/C21H20N6O3S/c1-3-17-19(27-12-9-14(2)13-18(27)25-17)20(28)24-15-5-7-16(8-6-15)31(29,30)26-21-22-10-4-11-23-21/h4-13H,3H2,1-2H3,(H,24,28)(H,22,23,26). The van der Waals surface area contributed by atoms with Crippen molar-refractivity contribution in [2.24, 2.45) is 0 Å². The van der Waals surface area contributed by atoms with E-state index in [9.17, 15) is 13.2 Å². The lowest BCUT2D eigenvalue weighted by Crippen LogP contribution is -2.17. The van der Waals surface area contributed by atoms with Gasteiger partial charge in [0.15, 0.2) is 0 Å². The zero-order valence-electron chi connectivity index (χ0n) is 16.9. The Morgan fingerprint density at radius 2 is 1.81 bits per heavy atom. The van der Waals surface area contributed by atoms with Crippen LogP contribution in [-0.2, 0) is 16.4 Å². The number of pyridine rings is 1. The van der Waals surface area contributed by atoms with E-state index in [1.165, 1.54) is 36.7 Å². The Balaban J connectivity index is 1.56. The summed E-state index contributed by atoms with van der Waals surface area (Å²) in [6.07, 6.45) is 5.30. The Hall–Kier alpha value is -3.79. The first kappa shape index (κ1) is 20.5. The maximum atomic E-state index is 13.0. The molecule has 3 heterocycles. The summed E-state index contributed by atoms with van der Waals surface area (Å²) in [6, 6.07) is 11.3. The van der Waals surface area contributed by atoms with Crippen LogP contribution in [0.4, 0.5) is 11.6 Å². The van der Waals surface area contributed by atoms with E-state index in [0.29, 0.717) is 29.1 Å². The number of amides is 1. The van der Waals surface area contributed by atoms with Gasteiger partial charge in [-0.15, -0.1) is 0 Å². The number of fused-ring (bicyclic) bond motifs is 1. The number of carbonyl (C=O) groups is 1. The van der Waals surface area contributed by atoms with E-state index in [-0.39, 0.29) is 16.8 Å². The van der Waals surface area contributed by atoms with Gasteiger partial charge in [0.05, 0.1) is 10.6 Å². The number of sulfonamides is 1. The first-order chi connectivity index (χ1) is 14.9. The summed E-state index contributed by atoms with van der Waals surface area (Å²) < 4.78 is 29.0. The molecule has 0 atom stereocenters. The van der Waals surface area contributed by atoms with E-state index in [0.717, 1.165) is 5.56 Å². The molecule has 4 rings (SSSR count). The first-order valence-electron chi connectivity index (χ1n) is 9.56. The number of anilines is 2. The highest BCUT2D eigenvalue weighted by molar-refractivity contribution is 7.92. The van der Waals surface area contributed by atoms with Crippen LogP contribution in [0.1, 0.15) is 28.7 Å². The molecule has 1 aromatic carbocycles. The van der Waals surface area contributed by atoms with Gasteiger partial charge >= 0.3 is 0 Å². The summed E-state index contributed by atoms with van der Waals surface area (Å²) in [5.74, 6) is -0.338. The van der Waals surface area contributed by atoms with Crippen molar-refractivity contribution < 1.29 is 13.2 Å². The number of aryl methyl sites for hydroxylation is 2. The Bertz CT molecular complexity index is 1350. The summed E-state index contributed by atoms with van der Waals surface area (Å²) in [5.41, 5.74) is 3.37. The SMILES string of the molecule is CCc1nc2cc(C)ccn2c1C(=O)Nc1ccc(S(=O)(=O)Nc2ncccn2)cc1. The molecule has 0 spiro atoms. The van der Waals surface area contributed by atoms with Crippen molar-refractivity contribution >= 4 is 33.2 Å². The lowest BCUT2D eigenvalue weighted by Gasteiger charge is -2.09. The van der Waals surface area contributed by atoms with Gasteiger partial charge in [0.1, 0.15) is 11.3 Å². The van der Waals surface area contributed by atoms with Crippen molar-refractivity contribution in [3.8, 4) is 0 Å². The van der Waals surface area contributed by atoms with E-state index in [1.807, 2.05) is 32.2 Å². The molecule has 9 nitrogen and oxygen atoms in total. The van der Waals surface area contributed by atoms with Crippen LogP contribution < -0.4 is 10.0 Å². The normalized spacial score (nSPS) is 11.4. The Labute approximate surface area is 179 Å². The van der Waals surface area contributed by atoms with Gasteiger partial charge in [-0.1, -0.05) is 6.92 Å². The predicted molar refractivity (Wildman–Crippen MR) is 117 cm³/mol. The zero-order chi connectivity index (χ0) is 22.0. The number of nitrogens with zero attached hydrogens (tertiary/aromatic N) is 4. The molecule has 158 valence electrons. The van der Waals surface area contributed by atoms with Crippen LogP contribution in [0.25, 0.3) is 5.65 Å². The zero-order valence-corrected chi connectivity index (χ0v) is 17.7. The fraction of sp³-hybridized carbons (Fsp3) is 0.143. The van der Waals surface area contributed by atoms with Crippen LogP contribution in [0.15, 0.2) is 66.0 Å². The molecule has 0 fully saturated rings. The highest BCUT2D eigenvalue weighted by Gasteiger charge is 2.19. The van der Waals surface area contributed by atoms with E-state index in [2.05, 4.69) is 25.0 Å². The number of carbonyl (C=O) groups excluding carboxylic acids is 1. The van der Waals surface area contributed by atoms with Crippen molar-refractivity contribution in [2.75, 3.05) is 10.0 Å². The quantitative estimate of drug-likeness (QED) is 0.480. The van der Waals surface area contributed by atoms with Gasteiger partial charge in [-0.05, 0) is 61.4 Å².